The van der Waals surface area contributed by atoms with Crippen LogP contribution in [0.5, 0.6) is 0 Å². The third-order valence-corrected chi connectivity index (χ3v) is 2.38. The van der Waals surface area contributed by atoms with Crippen LogP contribution in [0.1, 0.15) is 20.8 Å². The molecule has 3 nitrogen and oxygen atoms in total. The molecule has 0 saturated carbocycles. The number of hydrogen-bond donors (Lipinski definition) is 2. The predicted molar refractivity (Wildman–Crippen MR) is 50.2 cm³/mol. The highest BCUT2D eigenvalue weighted by molar-refractivity contribution is 4.92. The van der Waals surface area contributed by atoms with Crippen LogP contribution < -0.4 is 5.32 Å². The van der Waals surface area contributed by atoms with Crippen LogP contribution >= 0.6 is 0 Å². The van der Waals surface area contributed by atoms with Crippen molar-refractivity contribution in [3.8, 4) is 0 Å². The summed E-state index contributed by atoms with van der Waals surface area (Å²) in [7, 11) is 0. The van der Waals surface area contributed by atoms with Crippen LogP contribution in [-0.4, -0.2) is 47.8 Å². The van der Waals surface area contributed by atoms with Crippen molar-refractivity contribution >= 4 is 0 Å². The van der Waals surface area contributed by atoms with Gasteiger partial charge in [-0.25, -0.2) is 0 Å². The second-order valence-corrected chi connectivity index (χ2v) is 4.45. The second kappa shape index (κ2) is 3.73. The zero-order chi connectivity index (χ0) is 9.19. The van der Waals surface area contributed by atoms with Gasteiger partial charge in [-0.15, -0.1) is 0 Å². The van der Waals surface area contributed by atoms with E-state index in [-0.39, 0.29) is 6.61 Å². The van der Waals surface area contributed by atoms with E-state index in [1.807, 2.05) is 0 Å². The number of aliphatic hydroxyl groups is 1. The molecule has 0 unspecified atom stereocenters. The number of hydrogen-bond acceptors (Lipinski definition) is 3. The molecule has 1 aliphatic heterocycles. The van der Waals surface area contributed by atoms with Gasteiger partial charge >= 0.3 is 0 Å². The van der Waals surface area contributed by atoms with E-state index < -0.39 is 0 Å². The van der Waals surface area contributed by atoms with Gasteiger partial charge in [0.15, 0.2) is 0 Å². The van der Waals surface area contributed by atoms with Crippen LogP contribution in [0.2, 0.25) is 0 Å². The molecule has 1 aliphatic rings. The maximum Gasteiger partial charge on any atom is 0.0556 e. The lowest BCUT2D eigenvalue weighted by atomic mass is 9.98. The van der Waals surface area contributed by atoms with Gasteiger partial charge in [-0.2, -0.15) is 0 Å². The minimum absolute atomic E-state index is 0.242. The Kier molecular flexibility index (Phi) is 3.09. The fourth-order valence-electron chi connectivity index (χ4n) is 1.42. The van der Waals surface area contributed by atoms with Crippen molar-refractivity contribution in [3.05, 3.63) is 0 Å². The summed E-state index contributed by atoms with van der Waals surface area (Å²) in [5.41, 5.74) is 0.303. The van der Waals surface area contributed by atoms with Crippen molar-refractivity contribution in [3.63, 3.8) is 0 Å². The van der Waals surface area contributed by atoms with Gasteiger partial charge < -0.3 is 10.4 Å². The lowest BCUT2D eigenvalue weighted by Crippen LogP contribution is -2.63. The standard InChI is InChI=1S/C9H20N2O/c1-9(2,3)11-6-8(7-11)10-4-5-12/h8,10,12H,4-7H2,1-3H3. The summed E-state index contributed by atoms with van der Waals surface area (Å²) in [5.74, 6) is 0. The molecule has 2 N–H and O–H groups in total. The van der Waals surface area contributed by atoms with Crippen molar-refractivity contribution < 1.29 is 5.11 Å². The van der Waals surface area contributed by atoms with E-state index in [4.69, 9.17) is 5.11 Å². The SMILES string of the molecule is CC(C)(C)N1CC(NCCO)C1. The highest BCUT2D eigenvalue weighted by Crippen LogP contribution is 2.20. The summed E-state index contributed by atoms with van der Waals surface area (Å²) in [6, 6.07) is 0.594. The topological polar surface area (TPSA) is 35.5 Å². The van der Waals surface area contributed by atoms with Crippen molar-refractivity contribution in [2.45, 2.75) is 32.4 Å². The maximum atomic E-state index is 8.58. The molecule has 1 fully saturated rings. The first-order chi connectivity index (χ1) is 5.54. The van der Waals surface area contributed by atoms with Gasteiger partial charge in [0, 0.05) is 31.2 Å². The highest BCUT2D eigenvalue weighted by Gasteiger charge is 2.33. The lowest BCUT2D eigenvalue weighted by Gasteiger charge is -2.48. The zero-order valence-electron chi connectivity index (χ0n) is 8.30. The molecule has 1 rings (SSSR count). The third-order valence-electron chi connectivity index (χ3n) is 2.38. The number of nitrogens with one attached hydrogen (secondary N) is 1. The number of nitrogens with zero attached hydrogens (tertiary/aromatic N) is 1. The molecule has 72 valence electrons. The van der Waals surface area contributed by atoms with E-state index in [1.165, 1.54) is 0 Å². The molecule has 1 saturated heterocycles. The van der Waals surface area contributed by atoms with Crippen LogP contribution in [0.3, 0.4) is 0 Å². The van der Waals surface area contributed by atoms with E-state index in [1.54, 1.807) is 0 Å². The molecular formula is C9H20N2O. The fourth-order valence-corrected chi connectivity index (χ4v) is 1.42. The normalized spacial score (nSPS) is 21.0. The Bertz CT molecular complexity index is 136. The largest absolute Gasteiger partial charge is 0.395 e. The Morgan fingerprint density at radius 3 is 2.42 bits per heavy atom. The Morgan fingerprint density at radius 1 is 1.42 bits per heavy atom. The van der Waals surface area contributed by atoms with Crippen LogP contribution in [0, 0.1) is 0 Å². The van der Waals surface area contributed by atoms with Gasteiger partial charge in [0.25, 0.3) is 0 Å². The molecule has 1 heterocycles. The third kappa shape index (κ3) is 2.44. The van der Waals surface area contributed by atoms with Gasteiger partial charge in [0.1, 0.15) is 0 Å². The predicted octanol–water partition coefficient (Wildman–Crippen LogP) is 0.0510. The van der Waals surface area contributed by atoms with Crippen LogP contribution in [0.25, 0.3) is 0 Å². The molecule has 12 heavy (non-hydrogen) atoms. The molecular weight excluding hydrogens is 152 g/mol. The summed E-state index contributed by atoms with van der Waals surface area (Å²) < 4.78 is 0. The lowest BCUT2D eigenvalue weighted by molar-refractivity contribution is 0.0336. The second-order valence-electron chi connectivity index (χ2n) is 4.45. The van der Waals surface area contributed by atoms with E-state index >= 15 is 0 Å². The van der Waals surface area contributed by atoms with Crippen LogP contribution in [0.15, 0.2) is 0 Å². The summed E-state index contributed by atoms with van der Waals surface area (Å²) in [6.07, 6.45) is 0. The van der Waals surface area contributed by atoms with Crippen molar-refractivity contribution in [1.29, 1.82) is 0 Å². The number of rotatable bonds is 3. The summed E-state index contributed by atoms with van der Waals surface area (Å²) in [4.78, 5) is 2.43. The summed E-state index contributed by atoms with van der Waals surface area (Å²) in [6.45, 7) is 9.89. The van der Waals surface area contributed by atoms with E-state index in [0.717, 1.165) is 19.6 Å². The molecule has 0 bridgehead atoms. The average molecular weight is 172 g/mol. The van der Waals surface area contributed by atoms with Gasteiger partial charge in [-0.3, -0.25) is 4.90 Å². The van der Waals surface area contributed by atoms with Crippen molar-refractivity contribution in [2.75, 3.05) is 26.2 Å². The zero-order valence-corrected chi connectivity index (χ0v) is 8.30. The first-order valence-electron chi connectivity index (χ1n) is 4.63. The highest BCUT2D eigenvalue weighted by atomic mass is 16.3. The Labute approximate surface area is 74.8 Å². The average Bonchev–Trinajstić information content (AvgIpc) is 1.81. The minimum Gasteiger partial charge on any atom is -0.395 e. The van der Waals surface area contributed by atoms with Gasteiger partial charge in [-0.1, -0.05) is 0 Å². The van der Waals surface area contributed by atoms with Crippen LogP contribution in [-0.2, 0) is 0 Å². The van der Waals surface area contributed by atoms with Gasteiger partial charge in [0.2, 0.25) is 0 Å². The van der Waals surface area contributed by atoms with Gasteiger partial charge in [-0.05, 0) is 20.8 Å². The first kappa shape index (κ1) is 9.96. The Balaban J connectivity index is 2.12. The van der Waals surface area contributed by atoms with E-state index in [0.29, 0.717) is 11.6 Å². The molecule has 0 radical (unpaired) electrons. The van der Waals surface area contributed by atoms with Gasteiger partial charge in [0.05, 0.1) is 6.61 Å². The maximum absolute atomic E-state index is 8.58. The van der Waals surface area contributed by atoms with E-state index in [2.05, 4.69) is 31.0 Å². The molecule has 0 aromatic rings. The van der Waals surface area contributed by atoms with Crippen molar-refractivity contribution in [2.24, 2.45) is 0 Å². The van der Waals surface area contributed by atoms with E-state index in [9.17, 15) is 0 Å². The Hall–Kier alpha value is -0.120. The quantitative estimate of drug-likeness (QED) is 0.631. The smallest absolute Gasteiger partial charge is 0.0556 e. The minimum atomic E-state index is 0.242. The molecule has 0 aromatic carbocycles. The summed E-state index contributed by atoms with van der Waals surface area (Å²) in [5, 5.41) is 11.9. The molecule has 0 atom stereocenters. The molecule has 3 heteroatoms. The molecule has 0 aliphatic carbocycles. The fraction of sp³-hybridized carbons (Fsp3) is 1.00. The molecule has 0 spiro atoms. The molecule has 0 aromatic heterocycles. The number of likely N-dealkylation sites (tertiary alicyclic amines) is 1. The Morgan fingerprint density at radius 2 is 2.00 bits per heavy atom. The first-order valence-corrected chi connectivity index (χ1v) is 4.63. The molecule has 0 amide bonds. The number of aliphatic hydroxyl groups excluding tert-OH is 1. The summed E-state index contributed by atoms with van der Waals surface area (Å²) >= 11 is 0. The monoisotopic (exact) mass is 172 g/mol. The van der Waals surface area contributed by atoms with Crippen molar-refractivity contribution in [1.82, 2.24) is 10.2 Å². The van der Waals surface area contributed by atoms with Crippen LogP contribution in [0.4, 0.5) is 0 Å².